The van der Waals surface area contributed by atoms with Crippen LogP contribution in [0.25, 0.3) is 0 Å². The molecule has 1 aliphatic rings. The van der Waals surface area contributed by atoms with Gasteiger partial charge >= 0.3 is 5.25 Å². The minimum absolute atomic E-state index is 0.0454. The molecule has 1 atom stereocenters. The SMILES string of the molecule is C[N+]1(C)c2ccccc2C(c2ccccc2)N(c2ccccc2)[B-]1(Cl)Cl. The monoisotopic (exact) mass is 382 g/mol. The quantitative estimate of drug-likeness (QED) is 0.508. The van der Waals surface area contributed by atoms with Gasteiger partial charge in [-0.05, 0) is 23.8 Å². The van der Waals surface area contributed by atoms with Crippen molar-refractivity contribution in [2.24, 2.45) is 0 Å². The first-order chi connectivity index (χ1) is 12.4. The zero-order chi connectivity index (χ0) is 18.4. The number of para-hydroxylation sites is 2. The van der Waals surface area contributed by atoms with Crippen molar-refractivity contribution in [1.29, 1.82) is 0 Å². The Labute approximate surface area is 165 Å². The summed E-state index contributed by atoms with van der Waals surface area (Å²) in [6, 6.07) is 29.1. The number of halogens is 2. The third kappa shape index (κ3) is 2.54. The molecule has 132 valence electrons. The predicted octanol–water partition coefficient (Wildman–Crippen LogP) is 5.78. The van der Waals surface area contributed by atoms with Crippen LogP contribution in [-0.2, 0) is 0 Å². The van der Waals surface area contributed by atoms with E-state index in [1.165, 1.54) is 11.1 Å². The lowest BCUT2D eigenvalue weighted by Gasteiger charge is -2.61. The number of rotatable bonds is 2. The Balaban J connectivity index is 2.04. The molecule has 0 bridgehead atoms. The molecule has 0 fully saturated rings. The highest BCUT2D eigenvalue weighted by molar-refractivity contribution is 7.46. The molecule has 3 aromatic carbocycles. The summed E-state index contributed by atoms with van der Waals surface area (Å²) in [4.78, 5) is 2.18. The molecule has 0 spiro atoms. The van der Waals surface area contributed by atoms with E-state index in [1.54, 1.807) is 0 Å². The van der Waals surface area contributed by atoms with Crippen molar-refractivity contribution < 1.29 is 0 Å². The molecule has 26 heavy (non-hydrogen) atoms. The molecule has 0 saturated carbocycles. The largest absolute Gasteiger partial charge is 0.483 e. The number of anilines is 1. The van der Waals surface area contributed by atoms with Crippen LogP contribution < -0.4 is 9.20 Å². The highest BCUT2D eigenvalue weighted by Gasteiger charge is 2.53. The summed E-state index contributed by atoms with van der Waals surface area (Å²) in [7, 11) is 4.16. The molecule has 0 N–H and O–H groups in total. The molecule has 1 unspecified atom stereocenters. The second-order valence-electron chi connectivity index (χ2n) is 7.24. The Hall–Kier alpha value is -1.94. The molecule has 1 aliphatic heterocycles. The number of benzene rings is 3. The summed E-state index contributed by atoms with van der Waals surface area (Å²) < 4.78 is 0.400. The van der Waals surface area contributed by atoms with E-state index in [0.29, 0.717) is 4.39 Å². The van der Waals surface area contributed by atoms with Crippen molar-refractivity contribution in [3.05, 3.63) is 96.1 Å². The second kappa shape index (κ2) is 6.35. The fourth-order valence-electron chi connectivity index (χ4n) is 3.96. The van der Waals surface area contributed by atoms with Crippen LogP contribution in [0.15, 0.2) is 84.9 Å². The minimum atomic E-state index is -1.98. The van der Waals surface area contributed by atoms with Crippen LogP contribution in [0, 0.1) is 0 Å². The van der Waals surface area contributed by atoms with E-state index >= 15 is 0 Å². The average molecular weight is 383 g/mol. The van der Waals surface area contributed by atoms with Crippen LogP contribution in [-0.4, -0.2) is 19.3 Å². The van der Waals surface area contributed by atoms with E-state index in [9.17, 15) is 0 Å². The smallest absolute Gasteiger partial charge is 0.454 e. The Morgan fingerprint density at radius 3 is 1.96 bits per heavy atom. The molecule has 4 rings (SSSR count). The molecule has 2 nitrogen and oxygen atoms in total. The minimum Gasteiger partial charge on any atom is -0.454 e. The molecule has 1 heterocycles. The molecule has 0 aromatic heterocycles. The molecule has 0 amide bonds. The van der Waals surface area contributed by atoms with E-state index in [2.05, 4.69) is 79.6 Å². The van der Waals surface area contributed by atoms with Crippen molar-refractivity contribution >= 4 is 39.5 Å². The number of hydrogen-bond donors (Lipinski definition) is 0. The molecule has 3 aromatic rings. The number of quaternary nitrogens is 1. The molecule has 5 heteroatoms. The van der Waals surface area contributed by atoms with Gasteiger partial charge in [-0.15, -0.1) is 0 Å². The number of fused-ring (bicyclic) bond motifs is 1. The van der Waals surface area contributed by atoms with Gasteiger partial charge in [0.15, 0.2) is 0 Å². The van der Waals surface area contributed by atoms with Gasteiger partial charge in [-0.3, -0.25) is 22.9 Å². The Kier molecular flexibility index (Phi) is 4.27. The third-order valence-electron chi connectivity index (χ3n) is 5.41. The molecule has 0 saturated heterocycles. The van der Waals surface area contributed by atoms with Crippen LogP contribution in [0.4, 0.5) is 11.4 Å². The van der Waals surface area contributed by atoms with E-state index in [-0.39, 0.29) is 6.04 Å². The number of nitrogens with zero attached hydrogens (tertiary/aromatic N) is 2. The maximum Gasteiger partial charge on any atom is 0.483 e. The first-order valence-corrected chi connectivity index (χ1v) is 9.65. The molecular weight excluding hydrogens is 362 g/mol. The van der Waals surface area contributed by atoms with Gasteiger partial charge in [0.2, 0.25) is 0 Å². The topological polar surface area (TPSA) is 3.24 Å². The van der Waals surface area contributed by atoms with Crippen molar-refractivity contribution in [1.82, 2.24) is 4.39 Å². The van der Waals surface area contributed by atoms with Crippen LogP contribution in [0.3, 0.4) is 0 Å². The van der Waals surface area contributed by atoms with Crippen LogP contribution >= 0.6 is 22.9 Å². The summed E-state index contributed by atoms with van der Waals surface area (Å²) in [6.45, 7) is 0. The fourth-order valence-corrected chi connectivity index (χ4v) is 4.62. The lowest BCUT2D eigenvalue weighted by molar-refractivity contribution is 0.568. The Morgan fingerprint density at radius 1 is 0.769 bits per heavy atom. The maximum absolute atomic E-state index is 7.16. The zero-order valence-corrected chi connectivity index (χ0v) is 16.4. The first-order valence-electron chi connectivity index (χ1n) is 8.78. The second-order valence-corrected chi connectivity index (χ2v) is 8.68. The Bertz CT molecular complexity index is 914. The van der Waals surface area contributed by atoms with Crippen molar-refractivity contribution in [3.8, 4) is 0 Å². The number of hydrogen-bond acceptors (Lipinski definition) is 1. The summed E-state index contributed by atoms with van der Waals surface area (Å²) in [5.41, 5.74) is 4.58. The van der Waals surface area contributed by atoms with Crippen LogP contribution in [0.5, 0.6) is 0 Å². The van der Waals surface area contributed by atoms with Gasteiger partial charge in [-0.1, -0.05) is 66.7 Å². The highest BCUT2D eigenvalue weighted by atomic mass is 35.5. The third-order valence-corrected chi connectivity index (χ3v) is 6.81. The highest BCUT2D eigenvalue weighted by Crippen LogP contribution is 2.51. The average Bonchev–Trinajstić information content (AvgIpc) is 2.66. The lowest BCUT2D eigenvalue weighted by atomic mass is 9.79. The Morgan fingerprint density at radius 2 is 1.31 bits per heavy atom. The van der Waals surface area contributed by atoms with Gasteiger partial charge < -0.3 is 9.20 Å². The van der Waals surface area contributed by atoms with E-state index in [4.69, 9.17) is 22.9 Å². The van der Waals surface area contributed by atoms with Crippen molar-refractivity contribution in [2.75, 3.05) is 18.9 Å². The summed E-state index contributed by atoms with van der Waals surface area (Å²) in [5, 5.41) is -1.98. The summed E-state index contributed by atoms with van der Waals surface area (Å²) in [6.07, 6.45) is 0. The molecule has 0 radical (unpaired) electrons. The van der Waals surface area contributed by atoms with Crippen molar-refractivity contribution in [2.45, 2.75) is 6.04 Å². The fraction of sp³-hybridized carbons (Fsp3) is 0.143. The maximum atomic E-state index is 7.16. The van der Waals surface area contributed by atoms with Gasteiger partial charge in [0.25, 0.3) is 0 Å². The van der Waals surface area contributed by atoms with Gasteiger partial charge in [0.1, 0.15) is 0 Å². The van der Waals surface area contributed by atoms with Crippen molar-refractivity contribution in [3.63, 3.8) is 0 Å². The van der Waals surface area contributed by atoms with Gasteiger partial charge in [-0.25, -0.2) is 0 Å². The zero-order valence-electron chi connectivity index (χ0n) is 14.9. The summed E-state index contributed by atoms with van der Waals surface area (Å²) in [5.74, 6) is 0. The van der Waals surface area contributed by atoms with E-state index < -0.39 is 5.25 Å². The van der Waals surface area contributed by atoms with E-state index in [0.717, 1.165) is 11.4 Å². The summed E-state index contributed by atoms with van der Waals surface area (Å²) >= 11 is 14.3. The van der Waals surface area contributed by atoms with Gasteiger partial charge in [0, 0.05) is 25.3 Å². The molecular formula is C21H21BCl2N2. The molecule has 0 aliphatic carbocycles. The van der Waals surface area contributed by atoms with Crippen LogP contribution in [0.1, 0.15) is 17.2 Å². The van der Waals surface area contributed by atoms with Gasteiger partial charge in [-0.2, -0.15) is 0 Å². The lowest BCUT2D eigenvalue weighted by Crippen LogP contribution is -2.72. The standard InChI is InChI=1S/C21H21BCl2N2/c1-26(2)20-16-10-9-15-19(20)21(17-11-5-3-6-12-17)25(22(26,23)24)18-13-7-4-8-14-18/h3-16,21H,1-2H3. The predicted molar refractivity (Wildman–Crippen MR) is 115 cm³/mol. The van der Waals surface area contributed by atoms with Gasteiger partial charge in [0.05, 0.1) is 11.7 Å². The van der Waals surface area contributed by atoms with Crippen LogP contribution in [0.2, 0.25) is 0 Å². The van der Waals surface area contributed by atoms with E-state index in [1.807, 2.05) is 24.3 Å². The first kappa shape index (κ1) is 17.5. The normalized spacial score (nSPS) is 20.5.